The van der Waals surface area contributed by atoms with E-state index in [1.165, 1.54) is 10.8 Å². The molecule has 30 heavy (non-hydrogen) atoms. The SMILES string of the molecule is Cc1ccc([Si](C)(C)[C@@H]2CC[C@H](C[C@@H](C)O[Si](C)(C)C(C)(C)C)OC(=O)[C@H]2C)cc1. The van der Waals surface area contributed by atoms with Gasteiger partial charge in [-0.1, -0.05) is 75.8 Å². The van der Waals surface area contributed by atoms with Crippen molar-refractivity contribution in [2.75, 3.05) is 0 Å². The molecule has 0 spiro atoms. The largest absolute Gasteiger partial charge is 0.462 e. The van der Waals surface area contributed by atoms with Crippen LogP contribution in [0.15, 0.2) is 24.3 Å². The Bertz CT molecular complexity index is 719. The van der Waals surface area contributed by atoms with Gasteiger partial charge in [-0.3, -0.25) is 4.79 Å². The Labute approximate surface area is 187 Å². The van der Waals surface area contributed by atoms with Crippen LogP contribution < -0.4 is 5.19 Å². The first-order chi connectivity index (χ1) is 13.6. The first-order valence-corrected chi connectivity index (χ1v) is 17.6. The summed E-state index contributed by atoms with van der Waals surface area (Å²) in [5, 5.41) is 1.62. The molecule has 5 heteroatoms. The van der Waals surface area contributed by atoms with Gasteiger partial charge in [0, 0.05) is 12.5 Å². The van der Waals surface area contributed by atoms with Crippen LogP contribution >= 0.6 is 0 Å². The number of carbonyl (C=O) groups excluding carboxylic acids is 1. The number of aryl methyl sites for hydroxylation is 1. The molecule has 0 bridgehead atoms. The highest BCUT2D eigenvalue weighted by Gasteiger charge is 2.44. The number of carbonyl (C=O) groups is 1. The van der Waals surface area contributed by atoms with Gasteiger partial charge in [0.05, 0.1) is 14.0 Å². The summed E-state index contributed by atoms with van der Waals surface area (Å²) in [5.41, 5.74) is 1.68. The van der Waals surface area contributed by atoms with Crippen LogP contribution in [0, 0.1) is 12.8 Å². The molecule has 1 aromatic rings. The van der Waals surface area contributed by atoms with Gasteiger partial charge in [-0.25, -0.2) is 0 Å². The van der Waals surface area contributed by atoms with E-state index in [2.05, 4.69) is 92.0 Å². The van der Waals surface area contributed by atoms with Crippen molar-refractivity contribution in [1.82, 2.24) is 0 Å². The third-order valence-corrected chi connectivity index (χ3v) is 16.7. The van der Waals surface area contributed by atoms with Crippen LogP contribution in [-0.2, 0) is 14.0 Å². The monoisotopic (exact) mass is 448 g/mol. The summed E-state index contributed by atoms with van der Waals surface area (Å²) in [5.74, 6) is -0.0655. The molecule has 170 valence electrons. The summed E-state index contributed by atoms with van der Waals surface area (Å²) < 4.78 is 12.5. The fourth-order valence-electron chi connectivity index (χ4n) is 4.56. The molecule has 1 aromatic carbocycles. The van der Waals surface area contributed by atoms with Gasteiger partial charge < -0.3 is 9.16 Å². The van der Waals surface area contributed by atoms with E-state index in [0.717, 1.165) is 19.3 Å². The van der Waals surface area contributed by atoms with Crippen LogP contribution in [0.3, 0.4) is 0 Å². The average Bonchev–Trinajstić information content (AvgIpc) is 2.73. The molecule has 1 aliphatic rings. The minimum absolute atomic E-state index is 0.0188. The molecule has 3 nitrogen and oxygen atoms in total. The molecule has 1 saturated heterocycles. The van der Waals surface area contributed by atoms with E-state index in [9.17, 15) is 4.79 Å². The molecule has 1 fully saturated rings. The number of cyclic esters (lactones) is 1. The quantitative estimate of drug-likeness (QED) is 0.372. The Morgan fingerprint density at radius 2 is 1.67 bits per heavy atom. The highest BCUT2D eigenvalue weighted by atomic mass is 28.4. The summed E-state index contributed by atoms with van der Waals surface area (Å²) in [6, 6.07) is 8.95. The van der Waals surface area contributed by atoms with E-state index in [1.54, 1.807) is 0 Å². The first kappa shape index (κ1) is 25.3. The van der Waals surface area contributed by atoms with Crippen LogP contribution in [0.1, 0.15) is 59.4 Å². The highest BCUT2D eigenvalue weighted by Crippen LogP contribution is 2.40. The molecular weight excluding hydrogens is 404 g/mol. The number of ether oxygens (including phenoxy) is 1. The molecule has 0 unspecified atom stereocenters. The molecule has 0 aliphatic carbocycles. The lowest BCUT2D eigenvalue weighted by Crippen LogP contribution is -2.48. The third-order valence-electron chi connectivity index (χ3n) is 7.68. The lowest BCUT2D eigenvalue weighted by atomic mass is 10.0. The molecule has 2 rings (SSSR count). The Morgan fingerprint density at radius 1 is 1.10 bits per heavy atom. The second-order valence-electron chi connectivity index (χ2n) is 11.5. The second kappa shape index (κ2) is 9.29. The van der Waals surface area contributed by atoms with Crippen molar-refractivity contribution in [3.05, 3.63) is 29.8 Å². The van der Waals surface area contributed by atoms with Crippen molar-refractivity contribution in [2.45, 2.75) is 110 Å². The molecule has 4 atom stereocenters. The summed E-state index contributed by atoms with van der Waals surface area (Å²) in [6.07, 6.45) is 2.86. The zero-order valence-corrected chi connectivity index (χ0v) is 23.0. The standard InChI is InChI=1S/C25H44O3Si2/c1-18-11-14-22(15-12-18)29(7,8)23-16-13-21(27-24(26)20(23)3)17-19(2)28-30(9,10)25(4,5)6/h11-12,14-15,19-21,23H,13,16-17H2,1-10H3/t19-,20+,21-,23-/m1/s1. The molecule has 0 N–H and O–H groups in total. The van der Waals surface area contributed by atoms with Crippen LogP contribution in [0.2, 0.25) is 36.8 Å². The van der Waals surface area contributed by atoms with Crippen molar-refractivity contribution in [1.29, 1.82) is 0 Å². The molecule has 0 amide bonds. The molecular formula is C25H44O3Si2. The number of hydrogen-bond donors (Lipinski definition) is 0. The Balaban J connectivity index is 2.10. The van der Waals surface area contributed by atoms with Crippen molar-refractivity contribution in [3.8, 4) is 0 Å². The van der Waals surface area contributed by atoms with Gasteiger partial charge in [-0.05, 0) is 50.4 Å². The Morgan fingerprint density at radius 3 is 2.20 bits per heavy atom. The van der Waals surface area contributed by atoms with Gasteiger partial charge in [-0.2, -0.15) is 0 Å². The van der Waals surface area contributed by atoms with E-state index in [-0.39, 0.29) is 29.1 Å². The van der Waals surface area contributed by atoms with Gasteiger partial charge in [0.1, 0.15) is 6.10 Å². The summed E-state index contributed by atoms with van der Waals surface area (Å²) in [4.78, 5) is 13.0. The van der Waals surface area contributed by atoms with E-state index in [4.69, 9.17) is 9.16 Å². The fourth-order valence-corrected chi connectivity index (χ4v) is 9.74. The minimum atomic E-state index is -1.82. The maximum absolute atomic E-state index is 13.0. The molecule has 1 heterocycles. The second-order valence-corrected chi connectivity index (χ2v) is 21.1. The Hall–Kier alpha value is -0.916. The normalized spacial score (nSPS) is 24.9. The minimum Gasteiger partial charge on any atom is -0.462 e. The first-order valence-electron chi connectivity index (χ1n) is 11.6. The predicted molar refractivity (Wildman–Crippen MR) is 133 cm³/mol. The maximum atomic E-state index is 13.0. The third kappa shape index (κ3) is 5.86. The lowest BCUT2D eigenvalue weighted by molar-refractivity contribution is -0.153. The zero-order chi connectivity index (χ0) is 22.9. The number of esters is 1. The van der Waals surface area contributed by atoms with Gasteiger partial charge in [0.15, 0.2) is 8.32 Å². The molecule has 0 saturated carbocycles. The zero-order valence-electron chi connectivity index (χ0n) is 21.0. The van der Waals surface area contributed by atoms with E-state index < -0.39 is 16.4 Å². The van der Waals surface area contributed by atoms with Crippen LogP contribution in [0.5, 0.6) is 0 Å². The number of hydrogen-bond acceptors (Lipinski definition) is 3. The fraction of sp³-hybridized carbons (Fsp3) is 0.720. The molecule has 0 radical (unpaired) electrons. The van der Waals surface area contributed by atoms with Crippen molar-refractivity contribution in [2.24, 2.45) is 5.92 Å². The Kier molecular flexibility index (Phi) is 7.85. The number of benzene rings is 1. The van der Waals surface area contributed by atoms with Crippen LogP contribution in [0.25, 0.3) is 0 Å². The van der Waals surface area contributed by atoms with E-state index in [1.807, 2.05) is 0 Å². The van der Waals surface area contributed by atoms with E-state index >= 15 is 0 Å². The van der Waals surface area contributed by atoms with Crippen molar-refractivity contribution < 1.29 is 14.0 Å². The summed E-state index contributed by atoms with van der Waals surface area (Å²) >= 11 is 0. The van der Waals surface area contributed by atoms with Crippen molar-refractivity contribution >= 4 is 27.5 Å². The predicted octanol–water partition coefficient (Wildman–Crippen LogP) is 6.42. The average molecular weight is 449 g/mol. The number of rotatable bonds is 6. The van der Waals surface area contributed by atoms with Gasteiger partial charge in [0.2, 0.25) is 0 Å². The maximum Gasteiger partial charge on any atom is 0.308 e. The van der Waals surface area contributed by atoms with Crippen LogP contribution in [0.4, 0.5) is 0 Å². The topological polar surface area (TPSA) is 35.5 Å². The smallest absolute Gasteiger partial charge is 0.308 e. The van der Waals surface area contributed by atoms with E-state index in [0.29, 0.717) is 5.54 Å². The van der Waals surface area contributed by atoms with Gasteiger partial charge >= 0.3 is 5.97 Å². The highest BCUT2D eigenvalue weighted by molar-refractivity contribution is 6.91. The lowest BCUT2D eigenvalue weighted by Gasteiger charge is -2.39. The van der Waals surface area contributed by atoms with Crippen LogP contribution in [-0.4, -0.2) is 34.6 Å². The summed E-state index contributed by atoms with van der Waals surface area (Å²) in [7, 11) is -3.62. The van der Waals surface area contributed by atoms with Gasteiger partial charge in [0.25, 0.3) is 0 Å². The molecule has 0 aromatic heterocycles. The summed E-state index contributed by atoms with van der Waals surface area (Å²) in [6.45, 7) is 22.5. The van der Waals surface area contributed by atoms with Crippen molar-refractivity contribution in [3.63, 3.8) is 0 Å². The molecule has 1 aliphatic heterocycles. The van der Waals surface area contributed by atoms with Gasteiger partial charge in [-0.15, -0.1) is 0 Å².